The minimum absolute atomic E-state index is 0.548. The summed E-state index contributed by atoms with van der Waals surface area (Å²) >= 11 is 0. The van der Waals surface area contributed by atoms with E-state index in [1.165, 1.54) is 16.0 Å². The molecule has 1 atom stereocenters. The standard InChI is InChI=1S/C13H20N2O/c1-4-16-12-7-5-6-10-8-14-9-11(13(10)12)15(2)3/h5-7,11,14H,4,8-9H2,1-3H3/p+2/t11-/m1/s1. The Labute approximate surface area is 97.4 Å². The van der Waals surface area contributed by atoms with Gasteiger partial charge >= 0.3 is 0 Å². The van der Waals surface area contributed by atoms with Crippen LogP contribution in [0.3, 0.4) is 0 Å². The second kappa shape index (κ2) is 4.85. The van der Waals surface area contributed by atoms with Crippen molar-refractivity contribution in [3.8, 4) is 5.75 Å². The maximum absolute atomic E-state index is 5.76. The Kier molecular flexibility index (Phi) is 3.46. The van der Waals surface area contributed by atoms with E-state index in [-0.39, 0.29) is 0 Å². The maximum Gasteiger partial charge on any atom is 0.166 e. The van der Waals surface area contributed by atoms with Crippen LogP contribution in [0.25, 0.3) is 0 Å². The molecule has 2 rings (SSSR count). The molecule has 3 N–H and O–H groups in total. The molecule has 0 amide bonds. The summed E-state index contributed by atoms with van der Waals surface area (Å²) in [6.07, 6.45) is 0. The fraction of sp³-hybridized carbons (Fsp3) is 0.538. The molecule has 88 valence electrons. The lowest BCUT2D eigenvalue weighted by atomic mass is 9.95. The molecule has 0 unspecified atom stereocenters. The first-order valence-electron chi connectivity index (χ1n) is 6.10. The zero-order valence-corrected chi connectivity index (χ0v) is 10.4. The summed E-state index contributed by atoms with van der Waals surface area (Å²) < 4.78 is 5.76. The summed E-state index contributed by atoms with van der Waals surface area (Å²) in [7, 11) is 4.44. The fourth-order valence-corrected chi connectivity index (χ4v) is 2.49. The number of hydrogen-bond donors (Lipinski definition) is 2. The van der Waals surface area contributed by atoms with Gasteiger partial charge in [0.25, 0.3) is 0 Å². The Morgan fingerprint density at radius 3 is 2.94 bits per heavy atom. The van der Waals surface area contributed by atoms with Crippen molar-refractivity contribution in [3.05, 3.63) is 29.3 Å². The highest BCUT2D eigenvalue weighted by molar-refractivity contribution is 5.42. The highest BCUT2D eigenvalue weighted by Gasteiger charge is 2.30. The van der Waals surface area contributed by atoms with Gasteiger partial charge in [0.15, 0.2) is 6.04 Å². The molecule has 3 heteroatoms. The molecule has 1 heterocycles. The van der Waals surface area contributed by atoms with E-state index in [2.05, 4.69) is 37.6 Å². The third-order valence-corrected chi connectivity index (χ3v) is 3.27. The maximum atomic E-state index is 5.76. The SMILES string of the molecule is CCOc1cccc2c1[C@H]([NH+](C)C)C[NH2+]C2. The van der Waals surface area contributed by atoms with Gasteiger partial charge in [-0.2, -0.15) is 0 Å². The predicted octanol–water partition coefficient (Wildman–Crippen LogP) is -0.652. The van der Waals surface area contributed by atoms with Crippen molar-refractivity contribution in [1.82, 2.24) is 0 Å². The van der Waals surface area contributed by atoms with E-state index < -0.39 is 0 Å². The minimum Gasteiger partial charge on any atom is -0.493 e. The molecule has 1 aromatic rings. The van der Waals surface area contributed by atoms with Crippen molar-refractivity contribution in [2.24, 2.45) is 0 Å². The third kappa shape index (κ3) is 2.06. The summed E-state index contributed by atoms with van der Waals surface area (Å²) in [5.74, 6) is 1.08. The van der Waals surface area contributed by atoms with E-state index >= 15 is 0 Å². The van der Waals surface area contributed by atoms with E-state index in [1.807, 2.05) is 6.92 Å². The molecule has 3 nitrogen and oxygen atoms in total. The molecule has 0 fully saturated rings. The number of hydrogen-bond acceptors (Lipinski definition) is 1. The van der Waals surface area contributed by atoms with Gasteiger partial charge in [-0.3, -0.25) is 0 Å². The van der Waals surface area contributed by atoms with Crippen LogP contribution >= 0.6 is 0 Å². The fourth-order valence-electron chi connectivity index (χ4n) is 2.49. The summed E-state index contributed by atoms with van der Waals surface area (Å²) in [5.41, 5.74) is 2.86. The average Bonchev–Trinajstić information content (AvgIpc) is 2.29. The van der Waals surface area contributed by atoms with Crippen LogP contribution in [0.1, 0.15) is 24.1 Å². The van der Waals surface area contributed by atoms with Crippen molar-refractivity contribution in [3.63, 3.8) is 0 Å². The lowest BCUT2D eigenvalue weighted by Crippen LogP contribution is -3.10. The second-order valence-corrected chi connectivity index (χ2v) is 4.62. The smallest absolute Gasteiger partial charge is 0.166 e. The molecule has 0 bridgehead atoms. The second-order valence-electron chi connectivity index (χ2n) is 4.62. The van der Waals surface area contributed by atoms with E-state index in [0.717, 1.165) is 25.4 Å². The number of nitrogens with one attached hydrogen (secondary N) is 1. The lowest BCUT2D eigenvalue weighted by molar-refractivity contribution is -0.912. The van der Waals surface area contributed by atoms with Crippen LogP contribution in [0.4, 0.5) is 0 Å². The Morgan fingerprint density at radius 2 is 2.25 bits per heavy atom. The van der Waals surface area contributed by atoms with Crippen LogP contribution in [0.2, 0.25) is 0 Å². The molecule has 0 saturated heterocycles. The summed E-state index contributed by atoms with van der Waals surface area (Å²) in [6.45, 7) is 5.03. The van der Waals surface area contributed by atoms with Gasteiger partial charge in [-0.25, -0.2) is 0 Å². The van der Waals surface area contributed by atoms with Gasteiger partial charge < -0.3 is 15.0 Å². The molecule has 16 heavy (non-hydrogen) atoms. The first-order chi connectivity index (χ1) is 7.74. The highest BCUT2D eigenvalue weighted by atomic mass is 16.5. The molecule has 0 aromatic heterocycles. The van der Waals surface area contributed by atoms with Gasteiger partial charge in [0.1, 0.15) is 18.8 Å². The van der Waals surface area contributed by atoms with Crippen molar-refractivity contribution in [2.75, 3.05) is 27.2 Å². The van der Waals surface area contributed by atoms with Crippen LogP contribution in [0.5, 0.6) is 5.75 Å². The van der Waals surface area contributed by atoms with E-state index in [1.54, 1.807) is 0 Å². The first kappa shape index (κ1) is 11.4. The van der Waals surface area contributed by atoms with Crippen LogP contribution < -0.4 is 15.0 Å². The zero-order valence-electron chi connectivity index (χ0n) is 10.4. The molecule has 0 radical (unpaired) electrons. The monoisotopic (exact) mass is 222 g/mol. The van der Waals surface area contributed by atoms with E-state index in [0.29, 0.717) is 6.04 Å². The van der Waals surface area contributed by atoms with Crippen molar-refractivity contribution in [1.29, 1.82) is 0 Å². The van der Waals surface area contributed by atoms with Gasteiger partial charge in [0, 0.05) is 5.56 Å². The topological polar surface area (TPSA) is 30.3 Å². The van der Waals surface area contributed by atoms with Gasteiger partial charge in [-0.05, 0) is 13.0 Å². The van der Waals surface area contributed by atoms with Gasteiger partial charge in [-0.15, -0.1) is 0 Å². The molecule has 1 aliphatic heterocycles. The van der Waals surface area contributed by atoms with Crippen molar-refractivity contribution in [2.45, 2.75) is 19.5 Å². The third-order valence-electron chi connectivity index (χ3n) is 3.27. The number of nitrogens with two attached hydrogens (primary N) is 1. The Hall–Kier alpha value is -1.06. The Morgan fingerprint density at radius 1 is 1.44 bits per heavy atom. The Balaban J connectivity index is 2.42. The van der Waals surface area contributed by atoms with Crippen LogP contribution in [0, 0.1) is 0 Å². The molecule has 0 aliphatic carbocycles. The highest BCUT2D eigenvalue weighted by Crippen LogP contribution is 2.28. The number of fused-ring (bicyclic) bond motifs is 1. The Bertz CT molecular complexity index is 363. The number of rotatable bonds is 3. The number of likely N-dealkylation sites (N-methyl/N-ethyl adjacent to an activating group) is 1. The predicted molar refractivity (Wildman–Crippen MR) is 63.7 cm³/mol. The molecular weight excluding hydrogens is 200 g/mol. The van der Waals surface area contributed by atoms with Crippen LogP contribution in [0.15, 0.2) is 18.2 Å². The summed E-state index contributed by atoms with van der Waals surface area (Å²) in [4.78, 5) is 1.48. The molecule has 1 aromatic carbocycles. The minimum atomic E-state index is 0.548. The average molecular weight is 222 g/mol. The molecular formula is C13H22N2O+2. The van der Waals surface area contributed by atoms with E-state index in [9.17, 15) is 0 Å². The number of ether oxygens (including phenoxy) is 1. The van der Waals surface area contributed by atoms with Gasteiger partial charge in [0.05, 0.1) is 26.3 Å². The molecule has 0 spiro atoms. The number of benzene rings is 1. The van der Waals surface area contributed by atoms with E-state index in [4.69, 9.17) is 4.74 Å². The van der Waals surface area contributed by atoms with Crippen molar-refractivity contribution < 1.29 is 15.0 Å². The normalized spacial score (nSPS) is 19.6. The number of quaternary nitrogens is 2. The van der Waals surface area contributed by atoms with Crippen LogP contribution in [-0.2, 0) is 6.54 Å². The molecule has 0 saturated carbocycles. The van der Waals surface area contributed by atoms with Gasteiger partial charge in [-0.1, -0.05) is 12.1 Å². The quantitative estimate of drug-likeness (QED) is 0.699. The first-order valence-corrected chi connectivity index (χ1v) is 6.10. The molecule has 1 aliphatic rings. The van der Waals surface area contributed by atoms with Crippen LogP contribution in [-0.4, -0.2) is 27.2 Å². The zero-order chi connectivity index (χ0) is 11.5. The summed E-state index contributed by atoms with van der Waals surface area (Å²) in [6, 6.07) is 6.98. The largest absolute Gasteiger partial charge is 0.493 e. The summed E-state index contributed by atoms with van der Waals surface area (Å²) in [5, 5.41) is 2.38. The van der Waals surface area contributed by atoms with Gasteiger partial charge in [0.2, 0.25) is 0 Å². The van der Waals surface area contributed by atoms with Crippen molar-refractivity contribution >= 4 is 0 Å². The lowest BCUT2D eigenvalue weighted by Gasteiger charge is -2.28.